The van der Waals surface area contributed by atoms with Gasteiger partial charge in [-0.3, -0.25) is 14.9 Å². The van der Waals surface area contributed by atoms with Gasteiger partial charge in [-0.25, -0.2) is 4.79 Å². The van der Waals surface area contributed by atoms with Crippen LogP contribution in [0.2, 0.25) is 0 Å². The molecule has 1 unspecified atom stereocenters. The predicted molar refractivity (Wildman–Crippen MR) is 70.6 cm³/mol. The molecule has 6 nitrogen and oxygen atoms in total. The lowest BCUT2D eigenvalue weighted by Crippen LogP contribution is -2.48. The molecule has 1 atom stereocenters. The number of imide groups is 1. The molecule has 3 amide bonds. The highest BCUT2D eigenvalue weighted by atomic mass is 32.2. The Morgan fingerprint density at radius 1 is 1.28 bits per heavy atom. The normalized spacial score (nSPS) is 12.7. The molecule has 104 valence electrons. The summed E-state index contributed by atoms with van der Waals surface area (Å²) in [6, 6.07) is -0.542. The van der Waals surface area contributed by atoms with Gasteiger partial charge < -0.3 is 10.4 Å². The van der Waals surface area contributed by atoms with E-state index in [-0.39, 0.29) is 5.75 Å². The summed E-state index contributed by atoms with van der Waals surface area (Å²) >= 11 is 1.18. The number of amides is 3. The van der Waals surface area contributed by atoms with E-state index >= 15 is 0 Å². The Bertz CT molecular complexity index is 325. The standard InChI is InChI=1S/C11H20N2O4S/c1-7(9(15)16)5-18-6-8(14)12-10(17)13-11(2,3)4/h7H,5-6H2,1-4H3,(H,15,16)(H2,12,13,14,17). The Morgan fingerprint density at radius 3 is 2.28 bits per heavy atom. The number of carbonyl (C=O) groups is 3. The molecular formula is C11H20N2O4S. The molecule has 7 heteroatoms. The van der Waals surface area contributed by atoms with Gasteiger partial charge in [-0.15, -0.1) is 0 Å². The third-order valence-corrected chi connectivity index (χ3v) is 2.97. The molecule has 18 heavy (non-hydrogen) atoms. The van der Waals surface area contributed by atoms with Crippen LogP contribution in [0.3, 0.4) is 0 Å². The maximum absolute atomic E-state index is 11.4. The monoisotopic (exact) mass is 276 g/mol. The van der Waals surface area contributed by atoms with Crippen LogP contribution in [0.1, 0.15) is 27.7 Å². The SMILES string of the molecule is CC(CSCC(=O)NC(=O)NC(C)(C)C)C(=O)O. The zero-order valence-corrected chi connectivity index (χ0v) is 11.9. The van der Waals surface area contributed by atoms with E-state index in [0.717, 1.165) is 0 Å². The number of urea groups is 1. The molecule has 0 aliphatic carbocycles. The fourth-order valence-electron chi connectivity index (χ4n) is 0.934. The average Bonchev–Trinajstić information content (AvgIpc) is 2.13. The summed E-state index contributed by atoms with van der Waals surface area (Å²) in [6.07, 6.45) is 0. The molecule has 0 aromatic rings. The fourth-order valence-corrected chi connectivity index (χ4v) is 1.81. The highest BCUT2D eigenvalue weighted by Gasteiger charge is 2.16. The number of carboxylic acids is 1. The predicted octanol–water partition coefficient (Wildman–Crippen LogP) is 1.06. The van der Waals surface area contributed by atoms with E-state index in [9.17, 15) is 14.4 Å². The van der Waals surface area contributed by atoms with Crippen molar-refractivity contribution in [2.24, 2.45) is 5.92 Å². The lowest BCUT2D eigenvalue weighted by Gasteiger charge is -2.20. The fraction of sp³-hybridized carbons (Fsp3) is 0.727. The zero-order chi connectivity index (χ0) is 14.3. The minimum absolute atomic E-state index is 0.0647. The summed E-state index contributed by atoms with van der Waals surface area (Å²) in [5.74, 6) is -1.43. The van der Waals surface area contributed by atoms with Crippen LogP contribution in [0.5, 0.6) is 0 Å². The Morgan fingerprint density at radius 2 is 1.83 bits per heavy atom. The van der Waals surface area contributed by atoms with Gasteiger partial charge in [0.2, 0.25) is 5.91 Å². The van der Waals surface area contributed by atoms with Crippen molar-refractivity contribution in [3.63, 3.8) is 0 Å². The summed E-state index contributed by atoms with van der Waals surface area (Å²) < 4.78 is 0. The van der Waals surface area contributed by atoms with Gasteiger partial charge in [-0.1, -0.05) is 6.92 Å². The molecule has 0 radical (unpaired) electrons. The average molecular weight is 276 g/mol. The molecule has 0 bridgehead atoms. The summed E-state index contributed by atoms with van der Waals surface area (Å²) in [5.41, 5.74) is -0.407. The van der Waals surface area contributed by atoms with E-state index in [1.807, 2.05) is 0 Å². The second kappa shape index (κ2) is 7.25. The molecule has 0 aliphatic heterocycles. The van der Waals surface area contributed by atoms with Crippen molar-refractivity contribution in [2.75, 3.05) is 11.5 Å². The molecule has 0 saturated heterocycles. The molecule has 0 aromatic carbocycles. The molecule has 0 spiro atoms. The van der Waals surface area contributed by atoms with Gasteiger partial charge in [0.15, 0.2) is 0 Å². The van der Waals surface area contributed by atoms with Crippen molar-refractivity contribution < 1.29 is 19.5 Å². The summed E-state index contributed by atoms with van der Waals surface area (Å²) in [6.45, 7) is 6.99. The summed E-state index contributed by atoms with van der Waals surface area (Å²) in [7, 11) is 0. The Balaban J connectivity index is 3.85. The third-order valence-electron chi connectivity index (χ3n) is 1.76. The second-order valence-corrected chi connectivity index (χ2v) is 6.04. The van der Waals surface area contributed by atoms with Crippen LogP contribution >= 0.6 is 11.8 Å². The number of hydrogen-bond donors (Lipinski definition) is 3. The van der Waals surface area contributed by atoms with Crippen LogP contribution in [0, 0.1) is 5.92 Å². The van der Waals surface area contributed by atoms with Crippen LogP contribution in [0.15, 0.2) is 0 Å². The van der Waals surface area contributed by atoms with Gasteiger partial charge >= 0.3 is 12.0 Å². The highest BCUT2D eigenvalue weighted by Crippen LogP contribution is 2.07. The van der Waals surface area contributed by atoms with Crippen LogP contribution in [-0.4, -0.2) is 40.1 Å². The first-order valence-corrected chi connectivity index (χ1v) is 6.70. The Hall–Kier alpha value is -1.24. The second-order valence-electron chi connectivity index (χ2n) is 5.01. The van der Waals surface area contributed by atoms with Crippen LogP contribution in [-0.2, 0) is 9.59 Å². The minimum Gasteiger partial charge on any atom is -0.481 e. The van der Waals surface area contributed by atoms with E-state index in [4.69, 9.17) is 5.11 Å². The summed E-state index contributed by atoms with van der Waals surface area (Å²) in [5, 5.41) is 13.4. The number of nitrogens with one attached hydrogen (secondary N) is 2. The number of carboxylic acid groups (broad SMARTS) is 1. The van der Waals surface area contributed by atoms with E-state index in [0.29, 0.717) is 5.75 Å². The van der Waals surface area contributed by atoms with Gasteiger partial charge in [-0.2, -0.15) is 11.8 Å². The van der Waals surface area contributed by atoms with E-state index < -0.39 is 29.4 Å². The maximum Gasteiger partial charge on any atom is 0.321 e. The first-order valence-electron chi connectivity index (χ1n) is 5.54. The van der Waals surface area contributed by atoms with Crippen molar-refractivity contribution in [2.45, 2.75) is 33.2 Å². The van der Waals surface area contributed by atoms with Crippen molar-refractivity contribution >= 4 is 29.7 Å². The Kier molecular flexibility index (Phi) is 6.75. The molecular weight excluding hydrogens is 256 g/mol. The molecule has 0 aliphatic rings. The van der Waals surface area contributed by atoms with Gasteiger partial charge in [0.05, 0.1) is 11.7 Å². The van der Waals surface area contributed by atoms with Gasteiger partial charge in [0.25, 0.3) is 0 Å². The largest absolute Gasteiger partial charge is 0.481 e. The van der Waals surface area contributed by atoms with E-state index in [1.165, 1.54) is 11.8 Å². The zero-order valence-electron chi connectivity index (χ0n) is 11.1. The van der Waals surface area contributed by atoms with E-state index in [1.54, 1.807) is 27.7 Å². The molecule has 0 rings (SSSR count). The van der Waals surface area contributed by atoms with Crippen molar-refractivity contribution in [1.29, 1.82) is 0 Å². The Labute approximate surface area is 111 Å². The summed E-state index contributed by atoms with van der Waals surface area (Å²) in [4.78, 5) is 33.2. The third kappa shape index (κ3) is 8.86. The van der Waals surface area contributed by atoms with Gasteiger partial charge in [0.1, 0.15) is 0 Å². The van der Waals surface area contributed by atoms with Crippen molar-refractivity contribution in [1.82, 2.24) is 10.6 Å². The quantitative estimate of drug-likeness (QED) is 0.698. The van der Waals surface area contributed by atoms with Crippen LogP contribution in [0.4, 0.5) is 4.79 Å². The number of rotatable bonds is 5. The van der Waals surface area contributed by atoms with Gasteiger partial charge in [-0.05, 0) is 20.8 Å². The highest BCUT2D eigenvalue weighted by molar-refractivity contribution is 7.99. The molecule has 0 heterocycles. The smallest absolute Gasteiger partial charge is 0.321 e. The van der Waals surface area contributed by atoms with Crippen LogP contribution in [0.25, 0.3) is 0 Å². The first kappa shape index (κ1) is 16.8. The molecule has 0 fully saturated rings. The maximum atomic E-state index is 11.4. The number of hydrogen-bond acceptors (Lipinski definition) is 4. The lowest BCUT2D eigenvalue weighted by molar-refractivity contribution is -0.140. The van der Waals surface area contributed by atoms with Crippen LogP contribution < -0.4 is 10.6 Å². The number of aliphatic carboxylic acids is 1. The molecule has 3 N–H and O–H groups in total. The number of thioether (sulfide) groups is 1. The number of carbonyl (C=O) groups excluding carboxylic acids is 2. The van der Waals surface area contributed by atoms with Crippen molar-refractivity contribution in [3.8, 4) is 0 Å². The lowest BCUT2D eigenvalue weighted by atomic mass is 10.1. The molecule has 0 saturated carbocycles. The van der Waals surface area contributed by atoms with E-state index in [2.05, 4.69) is 10.6 Å². The minimum atomic E-state index is -0.895. The van der Waals surface area contributed by atoms with Gasteiger partial charge in [0, 0.05) is 11.3 Å². The molecule has 0 aromatic heterocycles. The first-order chi connectivity index (χ1) is 8.11. The topological polar surface area (TPSA) is 95.5 Å². The van der Waals surface area contributed by atoms with Crippen molar-refractivity contribution in [3.05, 3.63) is 0 Å².